The average Bonchev–Trinajstić information content (AvgIpc) is 3.20. The van der Waals surface area contributed by atoms with Crippen LogP contribution in [0.25, 0.3) is 0 Å². The van der Waals surface area contributed by atoms with Gasteiger partial charge in [-0.25, -0.2) is 9.59 Å². The van der Waals surface area contributed by atoms with Crippen molar-refractivity contribution in [3.8, 4) is 11.5 Å². The predicted molar refractivity (Wildman–Crippen MR) is 93.7 cm³/mol. The van der Waals surface area contributed by atoms with E-state index in [4.69, 9.17) is 14.2 Å². The lowest BCUT2D eigenvalue weighted by molar-refractivity contribution is 0.0600. The second kappa shape index (κ2) is 8.49. The molecule has 3 rings (SSSR count). The third-order valence-electron chi connectivity index (χ3n) is 4.04. The van der Waals surface area contributed by atoms with Gasteiger partial charge in [0, 0.05) is 6.61 Å². The number of carbonyl (C=O) groups excluding carboxylic acids is 2. The number of esters is 2. The minimum absolute atomic E-state index is 0.146. The molecule has 1 heterocycles. The molecule has 0 N–H and O–H groups in total. The van der Waals surface area contributed by atoms with Crippen molar-refractivity contribution in [1.29, 1.82) is 0 Å². The highest BCUT2D eigenvalue weighted by atomic mass is 16.5. The summed E-state index contributed by atoms with van der Waals surface area (Å²) in [4.78, 5) is 23.6. The highest BCUT2D eigenvalue weighted by Gasteiger charge is 2.16. The van der Waals surface area contributed by atoms with E-state index in [-0.39, 0.29) is 6.10 Å². The molecule has 1 aliphatic rings. The largest absolute Gasteiger partial charge is 0.491 e. The highest BCUT2D eigenvalue weighted by Crippen LogP contribution is 2.18. The maximum Gasteiger partial charge on any atom is 0.343 e. The number of ether oxygens (including phenoxy) is 4. The molecule has 1 saturated heterocycles. The number of carbonyl (C=O) groups is 2. The first-order valence-electron chi connectivity index (χ1n) is 8.41. The van der Waals surface area contributed by atoms with Gasteiger partial charge in [-0.15, -0.1) is 0 Å². The van der Waals surface area contributed by atoms with Crippen LogP contribution in [-0.4, -0.2) is 38.4 Å². The summed E-state index contributed by atoms with van der Waals surface area (Å²) in [7, 11) is 1.31. The van der Waals surface area contributed by atoms with Crippen molar-refractivity contribution in [1.82, 2.24) is 0 Å². The number of benzene rings is 2. The van der Waals surface area contributed by atoms with E-state index in [9.17, 15) is 9.59 Å². The Bertz CT molecular complexity index is 745. The van der Waals surface area contributed by atoms with Crippen LogP contribution in [0.3, 0.4) is 0 Å². The molecule has 0 amide bonds. The molecule has 0 saturated carbocycles. The van der Waals surface area contributed by atoms with Crippen molar-refractivity contribution >= 4 is 11.9 Å². The molecule has 0 aromatic heterocycles. The zero-order chi connectivity index (χ0) is 18.4. The Morgan fingerprint density at radius 3 is 2.15 bits per heavy atom. The van der Waals surface area contributed by atoms with Gasteiger partial charge in [0.05, 0.1) is 24.3 Å². The minimum atomic E-state index is -0.485. The lowest BCUT2D eigenvalue weighted by Crippen LogP contribution is -2.16. The molecular weight excluding hydrogens is 336 g/mol. The van der Waals surface area contributed by atoms with Gasteiger partial charge in [-0.2, -0.15) is 0 Å². The third-order valence-corrected chi connectivity index (χ3v) is 4.04. The van der Waals surface area contributed by atoms with E-state index in [1.165, 1.54) is 19.2 Å². The van der Waals surface area contributed by atoms with Crippen LogP contribution < -0.4 is 9.47 Å². The van der Waals surface area contributed by atoms with Gasteiger partial charge in [-0.05, 0) is 61.4 Å². The molecule has 0 spiro atoms. The predicted octanol–water partition coefficient (Wildman–Crippen LogP) is 3.25. The van der Waals surface area contributed by atoms with Gasteiger partial charge < -0.3 is 18.9 Å². The Morgan fingerprint density at radius 2 is 1.58 bits per heavy atom. The molecular formula is C20H20O6. The topological polar surface area (TPSA) is 71.1 Å². The molecule has 6 heteroatoms. The summed E-state index contributed by atoms with van der Waals surface area (Å²) in [5, 5.41) is 0. The van der Waals surface area contributed by atoms with E-state index in [0.29, 0.717) is 29.2 Å². The van der Waals surface area contributed by atoms with Crippen LogP contribution in [0.2, 0.25) is 0 Å². The lowest BCUT2D eigenvalue weighted by Gasteiger charge is -2.11. The fourth-order valence-electron chi connectivity index (χ4n) is 2.60. The second-order valence-corrected chi connectivity index (χ2v) is 5.88. The summed E-state index contributed by atoms with van der Waals surface area (Å²) in [5.74, 6) is 0.101. The smallest absolute Gasteiger partial charge is 0.343 e. The lowest BCUT2D eigenvalue weighted by atomic mass is 10.2. The molecule has 1 aliphatic heterocycles. The van der Waals surface area contributed by atoms with Gasteiger partial charge in [0.15, 0.2) is 0 Å². The van der Waals surface area contributed by atoms with Crippen LogP contribution >= 0.6 is 0 Å². The molecule has 136 valence electrons. The first-order chi connectivity index (χ1) is 12.7. The molecule has 0 radical (unpaired) electrons. The van der Waals surface area contributed by atoms with E-state index >= 15 is 0 Å². The van der Waals surface area contributed by atoms with Crippen LogP contribution in [0.1, 0.15) is 33.6 Å². The molecule has 0 unspecified atom stereocenters. The molecule has 0 bridgehead atoms. The maximum absolute atomic E-state index is 12.2. The molecule has 1 fully saturated rings. The summed E-state index contributed by atoms with van der Waals surface area (Å²) in [6.45, 7) is 1.30. The number of methoxy groups -OCH3 is 1. The Labute approximate surface area is 151 Å². The van der Waals surface area contributed by atoms with E-state index in [1.807, 2.05) is 0 Å². The van der Waals surface area contributed by atoms with Crippen LogP contribution in [0.5, 0.6) is 11.5 Å². The highest BCUT2D eigenvalue weighted by molar-refractivity contribution is 5.92. The van der Waals surface area contributed by atoms with Crippen molar-refractivity contribution in [2.75, 3.05) is 20.3 Å². The van der Waals surface area contributed by atoms with E-state index < -0.39 is 11.9 Å². The molecule has 6 nitrogen and oxygen atoms in total. The summed E-state index contributed by atoms with van der Waals surface area (Å²) < 4.78 is 21.1. The fourth-order valence-corrected chi connectivity index (χ4v) is 2.60. The summed E-state index contributed by atoms with van der Waals surface area (Å²) in [5.41, 5.74) is 0.798. The van der Waals surface area contributed by atoms with E-state index in [2.05, 4.69) is 4.74 Å². The van der Waals surface area contributed by atoms with Gasteiger partial charge in [-0.3, -0.25) is 0 Å². The standard InChI is InChI=1S/C20H20O6/c1-23-19(21)14-6-10-17(11-7-14)26-20(22)15-4-8-16(9-5-15)25-13-18-3-2-12-24-18/h4-11,18H,2-3,12-13H2,1H3/t18-/m0/s1. The van der Waals surface area contributed by atoms with Crippen LogP contribution in [-0.2, 0) is 9.47 Å². The molecule has 2 aromatic rings. The number of hydrogen-bond donors (Lipinski definition) is 0. The van der Waals surface area contributed by atoms with Crippen LogP contribution in [0, 0.1) is 0 Å². The van der Waals surface area contributed by atoms with Gasteiger partial charge in [-0.1, -0.05) is 0 Å². The Morgan fingerprint density at radius 1 is 0.962 bits per heavy atom. The van der Waals surface area contributed by atoms with Crippen molar-refractivity contribution in [3.05, 3.63) is 59.7 Å². The quantitative estimate of drug-likeness (QED) is 0.584. The maximum atomic E-state index is 12.2. The first kappa shape index (κ1) is 17.9. The van der Waals surface area contributed by atoms with Crippen molar-refractivity contribution in [2.45, 2.75) is 18.9 Å². The summed E-state index contributed by atoms with van der Waals surface area (Å²) in [6, 6.07) is 12.9. The van der Waals surface area contributed by atoms with Crippen LogP contribution in [0.4, 0.5) is 0 Å². The monoisotopic (exact) mass is 356 g/mol. The van der Waals surface area contributed by atoms with E-state index in [1.54, 1.807) is 36.4 Å². The van der Waals surface area contributed by atoms with Crippen molar-refractivity contribution < 1.29 is 28.5 Å². The molecule has 1 atom stereocenters. The van der Waals surface area contributed by atoms with Gasteiger partial charge in [0.1, 0.15) is 18.1 Å². The average molecular weight is 356 g/mol. The summed E-state index contributed by atoms with van der Waals surface area (Å²) >= 11 is 0. The van der Waals surface area contributed by atoms with Gasteiger partial charge in [0.25, 0.3) is 0 Å². The van der Waals surface area contributed by atoms with Crippen molar-refractivity contribution in [2.24, 2.45) is 0 Å². The molecule has 2 aromatic carbocycles. The van der Waals surface area contributed by atoms with E-state index in [0.717, 1.165) is 19.4 Å². The molecule has 26 heavy (non-hydrogen) atoms. The number of hydrogen-bond acceptors (Lipinski definition) is 6. The number of rotatable bonds is 6. The normalized spacial score (nSPS) is 16.1. The molecule has 0 aliphatic carbocycles. The Hall–Kier alpha value is -2.86. The SMILES string of the molecule is COC(=O)c1ccc(OC(=O)c2ccc(OC[C@@H]3CCCO3)cc2)cc1. The summed E-state index contributed by atoms with van der Waals surface area (Å²) in [6.07, 6.45) is 2.23. The Balaban J connectivity index is 1.54. The first-order valence-corrected chi connectivity index (χ1v) is 8.41. The fraction of sp³-hybridized carbons (Fsp3) is 0.300. The zero-order valence-electron chi connectivity index (χ0n) is 14.5. The van der Waals surface area contributed by atoms with Gasteiger partial charge in [0.2, 0.25) is 0 Å². The Kier molecular flexibility index (Phi) is 5.86. The second-order valence-electron chi connectivity index (χ2n) is 5.88. The van der Waals surface area contributed by atoms with Gasteiger partial charge >= 0.3 is 11.9 Å². The third kappa shape index (κ3) is 4.61. The van der Waals surface area contributed by atoms with Crippen LogP contribution in [0.15, 0.2) is 48.5 Å². The van der Waals surface area contributed by atoms with Crippen molar-refractivity contribution in [3.63, 3.8) is 0 Å². The zero-order valence-corrected chi connectivity index (χ0v) is 14.5. The minimum Gasteiger partial charge on any atom is -0.491 e.